The summed E-state index contributed by atoms with van der Waals surface area (Å²) < 4.78 is 7.05. The van der Waals surface area contributed by atoms with Gasteiger partial charge in [0.25, 0.3) is 0 Å². The van der Waals surface area contributed by atoms with Crippen molar-refractivity contribution in [2.24, 2.45) is 5.10 Å². The first-order chi connectivity index (χ1) is 15.0. The number of nitrogens with one attached hydrogen (secondary N) is 1. The summed E-state index contributed by atoms with van der Waals surface area (Å²) in [4.78, 5) is 23.8. The summed E-state index contributed by atoms with van der Waals surface area (Å²) in [6.45, 7) is 2.85. The number of hydrogen-bond donors (Lipinski definition) is 1. The van der Waals surface area contributed by atoms with Crippen LogP contribution in [-0.2, 0) is 9.59 Å². The molecule has 158 valence electrons. The van der Waals surface area contributed by atoms with Gasteiger partial charge in [0, 0.05) is 31.2 Å². The lowest BCUT2D eigenvalue weighted by atomic mass is 10.1. The minimum absolute atomic E-state index is 0.231. The second-order valence-electron chi connectivity index (χ2n) is 6.86. The number of rotatable bonds is 4. The maximum atomic E-state index is 12.3. The molecule has 1 aromatic heterocycles. The molecule has 1 N–H and O–H groups in total. The van der Waals surface area contributed by atoms with Crippen LogP contribution in [0.15, 0.2) is 65.9 Å². The third-order valence-corrected chi connectivity index (χ3v) is 5.73. The van der Waals surface area contributed by atoms with E-state index in [1.807, 2.05) is 60.8 Å². The summed E-state index contributed by atoms with van der Waals surface area (Å²) in [6.07, 6.45) is 1.90. The molecule has 2 heterocycles. The Morgan fingerprint density at radius 2 is 1.77 bits per heavy atom. The zero-order chi connectivity index (χ0) is 22.0. The van der Waals surface area contributed by atoms with Gasteiger partial charge in [0.2, 0.25) is 11.8 Å². The van der Waals surface area contributed by atoms with E-state index in [9.17, 15) is 9.59 Å². The van der Waals surface area contributed by atoms with E-state index < -0.39 is 5.37 Å². The molecular weight excluding hydrogens is 414 g/mol. The van der Waals surface area contributed by atoms with E-state index in [0.29, 0.717) is 5.17 Å². The number of benzene rings is 2. The van der Waals surface area contributed by atoms with Crippen molar-refractivity contribution in [1.29, 1.82) is 0 Å². The average molecular weight is 436 g/mol. The summed E-state index contributed by atoms with van der Waals surface area (Å²) in [6, 6.07) is 17.3. The second kappa shape index (κ2) is 8.65. The van der Waals surface area contributed by atoms with Gasteiger partial charge in [-0.05, 0) is 36.4 Å². The van der Waals surface area contributed by atoms with Crippen LogP contribution < -0.4 is 10.1 Å². The third kappa shape index (κ3) is 4.31. The quantitative estimate of drug-likeness (QED) is 0.677. The fourth-order valence-corrected chi connectivity index (χ4v) is 4.36. The van der Waals surface area contributed by atoms with Crippen molar-refractivity contribution in [2.75, 3.05) is 7.11 Å². The number of aromatic nitrogens is 2. The maximum Gasteiger partial charge on any atom is 0.241 e. The van der Waals surface area contributed by atoms with Crippen molar-refractivity contribution in [3.63, 3.8) is 0 Å². The number of amides is 2. The van der Waals surface area contributed by atoms with E-state index >= 15 is 0 Å². The van der Waals surface area contributed by atoms with E-state index in [-0.39, 0.29) is 11.8 Å². The molecular formula is C22H21N5O3S. The first-order valence-corrected chi connectivity index (χ1v) is 10.5. The number of nitrogens with zero attached hydrogens (tertiary/aromatic N) is 4. The SMILES string of the molecule is COc1ccc(-c2nn(-c3ccccc3)cc2C2SC(NC(C)=O)=NN2C(C)=O)cc1. The average Bonchev–Trinajstić information content (AvgIpc) is 3.38. The number of carbonyl (C=O) groups is 2. The van der Waals surface area contributed by atoms with Crippen molar-refractivity contribution >= 4 is 28.7 Å². The molecule has 0 saturated carbocycles. The van der Waals surface area contributed by atoms with Crippen molar-refractivity contribution in [1.82, 2.24) is 20.1 Å². The molecule has 8 nitrogen and oxygen atoms in total. The van der Waals surface area contributed by atoms with Crippen LogP contribution in [0.3, 0.4) is 0 Å². The van der Waals surface area contributed by atoms with Gasteiger partial charge in [0.1, 0.15) is 11.1 Å². The highest BCUT2D eigenvalue weighted by Gasteiger charge is 2.35. The van der Waals surface area contributed by atoms with Crippen LogP contribution in [0.2, 0.25) is 0 Å². The fourth-order valence-electron chi connectivity index (χ4n) is 3.22. The molecule has 0 radical (unpaired) electrons. The van der Waals surface area contributed by atoms with Crippen LogP contribution in [0.1, 0.15) is 24.8 Å². The van der Waals surface area contributed by atoms with Crippen LogP contribution in [0.4, 0.5) is 0 Å². The molecule has 1 aliphatic heterocycles. The summed E-state index contributed by atoms with van der Waals surface area (Å²) in [5, 5.41) is 13.1. The molecule has 9 heteroatoms. The lowest BCUT2D eigenvalue weighted by molar-refractivity contribution is -0.129. The molecule has 0 fully saturated rings. The Kier molecular flexibility index (Phi) is 5.77. The summed E-state index contributed by atoms with van der Waals surface area (Å²) >= 11 is 1.30. The Labute approximate surface area is 183 Å². The topological polar surface area (TPSA) is 88.8 Å². The van der Waals surface area contributed by atoms with E-state index in [2.05, 4.69) is 10.4 Å². The van der Waals surface area contributed by atoms with E-state index in [0.717, 1.165) is 28.3 Å². The van der Waals surface area contributed by atoms with Gasteiger partial charge >= 0.3 is 0 Å². The lowest BCUT2D eigenvalue weighted by Gasteiger charge is -2.18. The third-order valence-electron chi connectivity index (χ3n) is 4.64. The van der Waals surface area contributed by atoms with Crippen LogP contribution >= 0.6 is 11.8 Å². The molecule has 1 atom stereocenters. The van der Waals surface area contributed by atoms with Crippen molar-refractivity contribution in [3.05, 3.63) is 66.4 Å². The number of ether oxygens (including phenoxy) is 1. The molecule has 1 unspecified atom stereocenters. The van der Waals surface area contributed by atoms with Crippen LogP contribution in [0.25, 0.3) is 16.9 Å². The first kappa shape index (κ1) is 20.7. The van der Waals surface area contributed by atoms with Gasteiger partial charge in [0.15, 0.2) is 5.17 Å². The summed E-state index contributed by atoms with van der Waals surface area (Å²) in [5.41, 5.74) is 3.29. The van der Waals surface area contributed by atoms with Gasteiger partial charge in [-0.2, -0.15) is 5.10 Å². The number of amidine groups is 1. The highest BCUT2D eigenvalue weighted by atomic mass is 32.2. The summed E-state index contributed by atoms with van der Waals surface area (Å²) in [5.74, 6) is 0.265. The van der Waals surface area contributed by atoms with E-state index in [1.165, 1.54) is 30.6 Å². The van der Waals surface area contributed by atoms with Crippen molar-refractivity contribution in [3.8, 4) is 22.7 Å². The minimum Gasteiger partial charge on any atom is -0.497 e. The van der Waals surface area contributed by atoms with Gasteiger partial charge in [-0.1, -0.05) is 30.0 Å². The lowest BCUT2D eigenvalue weighted by Crippen LogP contribution is -2.25. The van der Waals surface area contributed by atoms with Gasteiger partial charge in [-0.15, -0.1) is 5.10 Å². The monoisotopic (exact) mass is 435 g/mol. The number of hydrogen-bond acceptors (Lipinski definition) is 6. The van der Waals surface area contributed by atoms with Gasteiger partial charge in [-0.3, -0.25) is 9.59 Å². The van der Waals surface area contributed by atoms with Crippen LogP contribution in [0, 0.1) is 0 Å². The molecule has 0 bridgehead atoms. The van der Waals surface area contributed by atoms with Crippen LogP contribution in [-0.4, -0.2) is 38.9 Å². The minimum atomic E-state index is -0.464. The first-order valence-electron chi connectivity index (χ1n) is 9.58. The predicted octanol–water partition coefficient (Wildman–Crippen LogP) is 3.55. The molecule has 0 spiro atoms. The van der Waals surface area contributed by atoms with E-state index in [4.69, 9.17) is 9.84 Å². The molecule has 0 saturated heterocycles. The number of hydrazone groups is 1. The number of thioether (sulfide) groups is 1. The molecule has 2 aromatic carbocycles. The smallest absolute Gasteiger partial charge is 0.241 e. The van der Waals surface area contributed by atoms with Gasteiger partial charge in [-0.25, -0.2) is 9.69 Å². The molecule has 3 aromatic rings. The van der Waals surface area contributed by atoms with Gasteiger partial charge < -0.3 is 10.1 Å². The standard InChI is InChI=1S/C22H21N5O3S/c1-14(28)23-22-25-27(15(2)29)21(31-22)19-13-26(17-7-5-4-6-8-17)24-20(19)16-9-11-18(30-3)12-10-16/h4-13,21H,1-3H3,(H,23,25,28). The molecule has 0 aliphatic carbocycles. The number of methoxy groups -OCH3 is 1. The second-order valence-corrected chi connectivity index (χ2v) is 7.93. The van der Waals surface area contributed by atoms with Gasteiger partial charge in [0.05, 0.1) is 18.5 Å². The Bertz CT molecular complexity index is 1140. The Hall–Kier alpha value is -3.59. The predicted molar refractivity (Wildman–Crippen MR) is 120 cm³/mol. The Morgan fingerprint density at radius 1 is 1.06 bits per heavy atom. The molecule has 4 rings (SSSR count). The highest BCUT2D eigenvalue weighted by molar-refractivity contribution is 8.14. The highest BCUT2D eigenvalue weighted by Crippen LogP contribution is 2.43. The zero-order valence-corrected chi connectivity index (χ0v) is 18.1. The fraction of sp³-hybridized carbons (Fsp3) is 0.182. The van der Waals surface area contributed by atoms with Crippen molar-refractivity contribution in [2.45, 2.75) is 19.2 Å². The Morgan fingerprint density at radius 3 is 2.39 bits per heavy atom. The molecule has 2 amide bonds. The number of para-hydroxylation sites is 1. The normalized spacial score (nSPS) is 15.5. The van der Waals surface area contributed by atoms with Crippen molar-refractivity contribution < 1.29 is 14.3 Å². The van der Waals surface area contributed by atoms with E-state index in [1.54, 1.807) is 11.8 Å². The zero-order valence-electron chi connectivity index (χ0n) is 17.3. The molecule has 1 aliphatic rings. The largest absolute Gasteiger partial charge is 0.497 e. The Balaban J connectivity index is 1.80. The van der Waals surface area contributed by atoms with Crippen LogP contribution in [0.5, 0.6) is 5.75 Å². The molecule has 31 heavy (non-hydrogen) atoms. The maximum absolute atomic E-state index is 12.3. The number of carbonyl (C=O) groups excluding carboxylic acids is 2. The summed E-state index contributed by atoms with van der Waals surface area (Å²) in [7, 11) is 1.62.